The first-order valence-electron chi connectivity index (χ1n) is 6.73. The lowest BCUT2D eigenvalue weighted by Gasteiger charge is -2.24. The van der Waals surface area contributed by atoms with Crippen molar-refractivity contribution in [2.45, 2.75) is 23.8 Å². The summed E-state index contributed by atoms with van der Waals surface area (Å²) in [6.45, 7) is 3.45. The number of sulfonamides is 1. The van der Waals surface area contributed by atoms with E-state index in [0.717, 1.165) is 23.7 Å². The maximum absolute atomic E-state index is 12.7. The number of hydrogen-bond donors (Lipinski definition) is 2. The third kappa shape index (κ3) is 2.44. The molecule has 2 aromatic rings. The molecule has 5 heteroatoms. The summed E-state index contributed by atoms with van der Waals surface area (Å²) in [5, 5.41) is 4.89. The SMILES string of the molecule is CC1(NS(=O)(=O)c2cccc3ccccc23)CCNC1. The molecule has 106 valence electrons. The molecule has 2 aromatic carbocycles. The normalized spacial score (nSPS) is 23.2. The van der Waals surface area contributed by atoms with Gasteiger partial charge in [0.05, 0.1) is 4.90 Å². The van der Waals surface area contributed by atoms with Crippen LogP contribution in [-0.4, -0.2) is 27.0 Å². The van der Waals surface area contributed by atoms with Gasteiger partial charge in [-0.15, -0.1) is 0 Å². The zero-order valence-electron chi connectivity index (χ0n) is 11.4. The summed E-state index contributed by atoms with van der Waals surface area (Å²) in [5.41, 5.74) is -0.407. The average Bonchev–Trinajstić information content (AvgIpc) is 2.83. The highest BCUT2D eigenvalue weighted by atomic mass is 32.2. The predicted octanol–water partition coefficient (Wildman–Crippen LogP) is 1.87. The van der Waals surface area contributed by atoms with Crippen LogP contribution in [-0.2, 0) is 10.0 Å². The molecule has 20 heavy (non-hydrogen) atoms. The quantitative estimate of drug-likeness (QED) is 0.907. The molecule has 1 atom stereocenters. The van der Waals surface area contributed by atoms with Gasteiger partial charge in [-0.3, -0.25) is 0 Å². The third-order valence-corrected chi connectivity index (χ3v) is 5.49. The van der Waals surface area contributed by atoms with Crippen molar-refractivity contribution < 1.29 is 8.42 Å². The van der Waals surface area contributed by atoms with Gasteiger partial charge in [-0.05, 0) is 31.3 Å². The van der Waals surface area contributed by atoms with Crippen LogP contribution >= 0.6 is 0 Å². The second-order valence-corrected chi connectivity index (χ2v) is 7.22. The van der Waals surface area contributed by atoms with E-state index in [1.54, 1.807) is 12.1 Å². The summed E-state index contributed by atoms with van der Waals surface area (Å²) >= 11 is 0. The molecular formula is C15H18N2O2S. The van der Waals surface area contributed by atoms with Crippen molar-refractivity contribution in [1.29, 1.82) is 0 Å². The number of benzene rings is 2. The Morgan fingerprint density at radius 1 is 1.15 bits per heavy atom. The van der Waals surface area contributed by atoms with Crippen LogP contribution in [0.2, 0.25) is 0 Å². The van der Waals surface area contributed by atoms with Gasteiger partial charge in [-0.2, -0.15) is 0 Å². The molecule has 0 spiro atoms. The van der Waals surface area contributed by atoms with Crippen LogP contribution in [0, 0.1) is 0 Å². The Balaban J connectivity index is 2.05. The Labute approximate surface area is 119 Å². The first-order valence-corrected chi connectivity index (χ1v) is 8.21. The monoisotopic (exact) mass is 290 g/mol. The molecule has 1 aliphatic rings. The van der Waals surface area contributed by atoms with Crippen LogP contribution in [0.5, 0.6) is 0 Å². The van der Waals surface area contributed by atoms with E-state index >= 15 is 0 Å². The van der Waals surface area contributed by atoms with Crippen LogP contribution in [0.3, 0.4) is 0 Å². The van der Waals surface area contributed by atoms with Gasteiger partial charge in [0.1, 0.15) is 0 Å². The van der Waals surface area contributed by atoms with Crippen molar-refractivity contribution >= 4 is 20.8 Å². The highest BCUT2D eigenvalue weighted by Gasteiger charge is 2.33. The Bertz CT molecular complexity index is 729. The van der Waals surface area contributed by atoms with Gasteiger partial charge < -0.3 is 5.32 Å². The van der Waals surface area contributed by atoms with E-state index < -0.39 is 15.6 Å². The first-order chi connectivity index (χ1) is 9.50. The number of hydrogen-bond acceptors (Lipinski definition) is 3. The Morgan fingerprint density at radius 2 is 1.90 bits per heavy atom. The van der Waals surface area contributed by atoms with E-state index in [1.165, 1.54) is 0 Å². The topological polar surface area (TPSA) is 58.2 Å². The summed E-state index contributed by atoms with van der Waals surface area (Å²) in [7, 11) is -3.52. The molecule has 3 rings (SSSR count). The average molecular weight is 290 g/mol. The van der Waals surface area contributed by atoms with Crippen molar-refractivity contribution in [2.75, 3.05) is 13.1 Å². The minimum Gasteiger partial charge on any atom is -0.315 e. The zero-order valence-corrected chi connectivity index (χ0v) is 12.2. The van der Waals surface area contributed by atoms with Gasteiger partial charge in [0, 0.05) is 17.5 Å². The van der Waals surface area contributed by atoms with Crippen molar-refractivity contribution in [3.63, 3.8) is 0 Å². The Kier molecular flexibility index (Phi) is 3.28. The molecule has 0 aromatic heterocycles. The van der Waals surface area contributed by atoms with E-state index in [2.05, 4.69) is 10.0 Å². The molecule has 1 fully saturated rings. The highest BCUT2D eigenvalue weighted by molar-refractivity contribution is 7.89. The lowest BCUT2D eigenvalue weighted by molar-refractivity contribution is 0.452. The van der Waals surface area contributed by atoms with Gasteiger partial charge in [-0.1, -0.05) is 36.4 Å². The fourth-order valence-corrected chi connectivity index (χ4v) is 4.38. The fraction of sp³-hybridized carbons (Fsp3) is 0.333. The Hall–Kier alpha value is -1.43. The number of rotatable bonds is 3. The molecule has 0 saturated carbocycles. The smallest absolute Gasteiger partial charge is 0.241 e. The lowest BCUT2D eigenvalue weighted by Crippen LogP contribution is -2.47. The van der Waals surface area contributed by atoms with E-state index in [-0.39, 0.29) is 0 Å². The lowest BCUT2D eigenvalue weighted by atomic mass is 10.0. The summed E-state index contributed by atoms with van der Waals surface area (Å²) in [5.74, 6) is 0. The molecule has 1 aliphatic heterocycles. The van der Waals surface area contributed by atoms with Crippen LogP contribution < -0.4 is 10.0 Å². The first kappa shape index (κ1) is 13.5. The van der Waals surface area contributed by atoms with E-state index in [4.69, 9.17) is 0 Å². The van der Waals surface area contributed by atoms with Crippen molar-refractivity contribution in [3.8, 4) is 0 Å². The molecule has 0 aliphatic carbocycles. The van der Waals surface area contributed by atoms with Crippen LogP contribution in [0.4, 0.5) is 0 Å². The predicted molar refractivity (Wildman–Crippen MR) is 80.2 cm³/mol. The molecule has 2 N–H and O–H groups in total. The fourth-order valence-electron chi connectivity index (χ4n) is 2.71. The standard InChI is InChI=1S/C15H18N2O2S/c1-15(9-10-16-11-15)17-20(18,19)14-8-4-6-12-5-2-3-7-13(12)14/h2-8,16-17H,9-11H2,1H3. The molecule has 1 unspecified atom stereocenters. The highest BCUT2D eigenvalue weighted by Crippen LogP contribution is 2.25. The van der Waals surface area contributed by atoms with Crippen molar-refractivity contribution in [2.24, 2.45) is 0 Å². The van der Waals surface area contributed by atoms with E-state index in [0.29, 0.717) is 11.4 Å². The summed E-state index contributed by atoms with van der Waals surface area (Å²) < 4.78 is 28.2. The molecule has 1 heterocycles. The van der Waals surface area contributed by atoms with Crippen LogP contribution in [0.15, 0.2) is 47.4 Å². The minimum atomic E-state index is -3.52. The molecule has 0 bridgehead atoms. The van der Waals surface area contributed by atoms with Gasteiger partial charge >= 0.3 is 0 Å². The maximum Gasteiger partial charge on any atom is 0.241 e. The van der Waals surface area contributed by atoms with Gasteiger partial charge in [0.15, 0.2) is 0 Å². The largest absolute Gasteiger partial charge is 0.315 e. The second-order valence-electron chi connectivity index (χ2n) is 5.57. The third-order valence-electron chi connectivity index (χ3n) is 3.79. The Morgan fingerprint density at radius 3 is 2.65 bits per heavy atom. The zero-order chi connectivity index (χ0) is 14.2. The maximum atomic E-state index is 12.7. The molecular weight excluding hydrogens is 272 g/mol. The summed E-state index contributed by atoms with van der Waals surface area (Å²) in [6.07, 6.45) is 0.803. The van der Waals surface area contributed by atoms with E-state index in [9.17, 15) is 8.42 Å². The van der Waals surface area contributed by atoms with Gasteiger partial charge in [0.2, 0.25) is 10.0 Å². The van der Waals surface area contributed by atoms with Crippen LogP contribution in [0.25, 0.3) is 10.8 Å². The molecule has 0 amide bonds. The second kappa shape index (κ2) is 4.84. The van der Waals surface area contributed by atoms with E-state index in [1.807, 2.05) is 37.3 Å². The van der Waals surface area contributed by atoms with Crippen molar-refractivity contribution in [1.82, 2.24) is 10.0 Å². The van der Waals surface area contributed by atoms with Crippen LogP contribution in [0.1, 0.15) is 13.3 Å². The van der Waals surface area contributed by atoms with Gasteiger partial charge in [0.25, 0.3) is 0 Å². The summed E-state index contributed by atoms with van der Waals surface area (Å²) in [6, 6.07) is 12.9. The van der Waals surface area contributed by atoms with Crippen molar-refractivity contribution in [3.05, 3.63) is 42.5 Å². The minimum absolute atomic E-state index is 0.351. The van der Waals surface area contributed by atoms with Gasteiger partial charge in [-0.25, -0.2) is 13.1 Å². The molecule has 0 radical (unpaired) electrons. The number of nitrogens with one attached hydrogen (secondary N) is 2. The molecule has 1 saturated heterocycles. The summed E-state index contributed by atoms with van der Waals surface area (Å²) in [4.78, 5) is 0.351. The number of fused-ring (bicyclic) bond motifs is 1. The molecule has 4 nitrogen and oxygen atoms in total.